The Labute approximate surface area is 183 Å². The molecule has 5 heteroatoms. The van der Waals surface area contributed by atoms with E-state index in [1.165, 1.54) is 0 Å². The zero-order chi connectivity index (χ0) is 22.1. The second kappa shape index (κ2) is 8.42. The van der Waals surface area contributed by atoms with Crippen molar-refractivity contribution in [2.24, 2.45) is 0 Å². The van der Waals surface area contributed by atoms with Crippen LogP contribution in [-0.4, -0.2) is 30.8 Å². The van der Waals surface area contributed by atoms with E-state index >= 15 is 0 Å². The van der Waals surface area contributed by atoms with E-state index in [0.717, 1.165) is 28.1 Å². The highest BCUT2D eigenvalue weighted by atomic mass is 16.5. The molecule has 0 bridgehead atoms. The molecule has 0 amide bonds. The Morgan fingerprint density at radius 3 is 2.35 bits per heavy atom. The van der Waals surface area contributed by atoms with Gasteiger partial charge in [-0.25, -0.2) is 4.79 Å². The van der Waals surface area contributed by atoms with Crippen LogP contribution in [0.1, 0.15) is 61.1 Å². The van der Waals surface area contributed by atoms with Crippen LogP contribution >= 0.6 is 0 Å². The number of nitrogens with zero attached hydrogens (tertiary/aromatic N) is 1. The van der Waals surface area contributed by atoms with Crippen molar-refractivity contribution in [2.75, 3.05) is 19.0 Å². The highest BCUT2D eigenvalue weighted by Gasteiger charge is 2.32. The number of Topliss-reactive ketones (excluding diaryl/α,β-unsaturated/α-hetero) is 1. The summed E-state index contributed by atoms with van der Waals surface area (Å²) in [5.41, 5.74) is 6.92. The molecule has 0 spiro atoms. The number of fused-ring (bicyclic) bond motifs is 1. The van der Waals surface area contributed by atoms with Gasteiger partial charge in [0.25, 0.3) is 0 Å². The van der Waals surface area contributed by atoms with Crippen LogP contribution in [0.5, 0.6) is 0 Å². The molecule has 0 fully saturated rings. The second-order valence-corrected chi connectivity index (χ2v) is 8.55. The molecule has 1 heterocycles. The first-order valence-corrected chi connectivity index (χ1v) is 10.6. The van der Waals surface area contributed by atoms with E-state index in [2.05, 4.69) is 34.1 Å². The molecule has 0 saturated heterocycles. The third-order valence-corrected chi connectivity index (χ3v) is 6.06. The van der Waals surface area contributed by atoms with Gasteiger partial charge in [-0.1, -0.05) is 42.0 Å². The fraction of sp³-hybridized carbons (Fsp3) is 0.308. The Morgan fingerprint density at radius 2 is 1.71 bits per heavy atom. The summed E-state index contributed by atoms with van der Waals surface area (Å²) in [5, 5.41) is 0. The first kappa shape index (κ1) is 20.9. The molecule has 1 aliphatic carbocycles. The van der Waals surface area contributed by atoms with Crippen molar-refractivity contribution in [2.45, 2.75) is 39.2 Å². The SMILES string of the molecule is Cc1ccc(COC(=O)c2[nH]c3c(c2C)C(=O)CC(c2ccc(N(C)C)cc2)C3)cc1. The van der Waals surface area contributed by atoms with Gasteiger partial charge in [0.2, 0.25) is 0 Å². The van der Waals surface area contributed by atoms with Gasteiger partial charge in [-0.2, -0.15) is 0 Å². The van der Waals surface area contributed by atoms with E-state index in [1.54, 1.807) is 0 Å². The number of carbonyl (C=O) groups is 2. The molecule has 1 N–H and O–H groups in total. The summed E-state index contributed by atoms with van der Waals surface area (Å²) in [5.74, 6) is -0.243. The molecule has 1 unspecified atom stereocenters. The van der Waals surface area contributed by atoms with Crippen LogP contribution in [0.4, 0.5) is 5.69 Å². The van der Waals surface area contributed by atoms with Crippen molar-refractivity contribution in [1.29, 1.82) is 0 Å². The maximum absolute atomic E-state index is 12.9. The summed E-state index contributed by atoms with van der Waals surface area (Å²) in [6, 6.07) is 16.2. The third kappa shape index (κ3) is 4.26. The summed E-state index contributed by atoms with van der Waals surface area (Å²) in [7, 11) is 4.01. The zero-order valence-electron chi connectivity index (χ0n) is 18.5. The Balaban J connectivity index is 1.51. The molecule has 2 aromatic carbocycles. The molecular weight excluding hydrogens is 388 g/mol. The lowest BCUT2D eigenvalue weighted by molar-refractivity contribution is 0.0465. The highest BCUT2D eigenvalue weighted by molar-refractivity contribution is 6.03. The lowest BCUT2D eigenvalue weighted by Crippen LogP contribution is -2.18. The van der Waals surface area contributed by atoms with Gasteiger partial charge in [0.1, 0.15) is 12.3 Å². The van der Waals surface area contributed by atoms with Crippen molar-refractivity contribution in [3.8, 4) is 0 Å². The molecule has 1 aliphatic rings. The van der Waals surface area contributed by atoms with E-state index in [9.17, 15) is 9.59 Å². The molecular formula is C26H28N2O3. The summed E-state index contributed by atoms with van der Waals surface area (Å²) in [6.45, 7) is 4.04. The standard InChI is InChI=1S/C26H28N2O3/c1-16-5-7-18(8-6-16)15-31-26(30)25-17(2)24-22(27-25)13-20(14-23(24)29)19-9-11-21(12-10-19)28(3)4/h5-12,20,27H,13-15H2,1-4H3. The van der Waals surface area contributed by atoms with E-state index in [4.69, 9.17) is 4.74 Å². The molecule has 160 valence electrons. The van der Waals surface area contributed by atoms with Crippen LogP contribution in [0.2, 0.25) is 0 Å². The number of hydrogen-bond acceptors (Lipinski definition) is 4. The van der Waals surface area contributed by atoms with Crippen molar-refractivity contribution in [3.63, 3.8) is 0 Å². The van der Waals surface area contributed by atoms with Crippen molar-refractivity contribution in [1.82, 2.24) is 4.98 Å². The van der Waals surface area contributed by atoms with Crippen LogP contribution in [0.25, 0.3) is 0 Å². The first-order valence-electron chi connectivity index (χ1n) is 10.6. The first-order chi connectivity index (χ1) is 14.8. The molecule has 5 nitrogen and oxygen atoms in total. The average molecular weight is 417 g/mol. The maximum atomic E-state index is 12.9. The number of aryl methyl sites for hydroxylation is 1. The Bertz CT molecular complexity index is 1110. The van der Waals surface area contributed by atoms with E-state index in [0.29, 0.717) is 29.7 Å². The molecule has 0 saturated carbocycles. The number of benzene rings is 2. The topological polar surface area (TPSA) is 62.4 Å². The van der Waals surface area contributed by atoms with Gasteiger partial charge in [0.15, 0.2) is 5.78 Å². The summed E-state index contributed by atoms with van der Waals surface area (Å²) >= 11 is 0. The van der Waals surface area contributed by atoms with Gasteiger partial charge in [-0.3, -0.25) is 4.79 Å². The second-order valence-electron chi connectivity index (χ2n) is 8.55. The smallest absolute Gasteiger partial charge is 0.355 e. The molecule has 31 heavy (non-hydrogen) atoms. The minimum atomic E-state index is -0.424. The van der Waals surface area contributed by atoms with Gasteiger partial charge >= 0.3 is 5.97 Å². The third-order valence-electron chi connectivity index (χ3n) is 6.06. The largest absolute Gasteiger partial charge is 0.456 e. The number of hydrogen-bond donors (Lipinski definition) is 1. The number of H-pyrrole nitrogens is 1. The monoisotopic (exact) mass is 416 g/mol. The number of ketones is 1. The van der Waals surface area contributed by atoms with Crippen molar-refractivity contribution in [3.05, 3.63) is 87.7 Å². The number of anilines is 1. The Morgan fingerprint density at radius 1 is 1.03 bits per heavy atom. The van der Waals surface area contributed by atoms with Gasteiger partial charge in [0, 0.05) is 37.5 Å². The summed E-state index contributed by atoms with van der Waals surface area (Å²) < 4.78 is 5.51. The van der Waals surface area contributed by atoms with E-state index in [1.807, 2.05) is 52.2 Å². The molecule has 0 aliphatic heterocycles. The quantitative estimate of drug-likeness (QED) is 0.597. The number of aromatic amines is 1. The number of nitrogens with one attached hydrogen (secondary N) is 1. The van der Waals surface area contributed by atoms with Gasteiger partial charge in [-0.15, -0.1) is 0 Å². The lowest BCUT2D eigenvalue weighted by Gasteiger charge is -2.23. The van der Waals surface area contributed by atoms with Gasteiger partial charge in [-0.05, 0) is 55.0 Å². The van der Waals surface area contributed by atoms with Crippen LogP contribution in [0, 0.1) is 13.8 Å². The lowest BCUT2D eigenvalue weighted by atomic mass is 9.81. The number of aromatic nitrogens is 1. The number of ether oxygens (including phenoxy) is 1. The predicted octanol–water partition coefficient (Wildman–Crippen LogP) is 4.97. The Hall–Kier alpha value is -3.34. The highest BCUT2D eigenvalue weighted by Crippen LogP contribution is 2.35. The molecule has 1 aromatic heterocycles. The van der Waals surface area contributed by atoms with Gasteiger partial charge in [0.05, 0.1) is 0 Å². The Kier molecular flexibility index (Phi) is 5.68. The van der Waals surface area contributed by atoms with Crippen LogP contribution in [0.3, 0.4) is 0 Å². The summed E-state index contributed by atoms with van der Waals surface area (Å²) in [4.78, 5) is 30.9. The zero-order valence-corrected chi connectivity index (χ0v) is 18.5. The number of carbonyl (C=O) groups excluding carboxylic acids is 2. The van der Waals surface area contributed by atoms with Crippen LogP contribution < -0.4 is 4.90 Å². The molecule has 0 radical (unpaired) electrons. The maximum Gasteiger partial charge on any atom is 0.355 e. The fourth-order valence-corrected chi connectivity index (χ4v) is 4.22. The molecule has 4 rings (SSSR count). The predicted molar refractivity (Wildman–Crippen MR) is 122 cm³/mol. The van der Waals surface area contributed by atoms with Gasteiger partial charge < -0.3 is 14.6 Å². The molecule has 3 aromatic rings. The van der Waals surface area contributed by atoms with E-state index in [-0.39, 0.29) is 18.3 Å². The number of esters is 1. The summed E-state index contributed by atoms with van der Waals surface area (Å²) in [6.07, 6.45) is 1.15. The fourth-order valence-electron chi connectivity index (χ4n) is 4.22. The normalized spacial score (nSPS) is 15.5. The average Bonchev–Trinajstić information content (AvgIpc) is 3.10. The van der Waals surface area contributed by atoms with Crippen molar-refractivity contribution >= 4 is 17.4 Å². The minimum absolute atomic E-state index is 0.0780. The molecule has 1 atom stereocenters. The minimum Gasteiger partial charge on any atom is -0.456 e. The van der Waals surface area contributed by atoms with Crippen LogP contribution in [-0.2, 0) is 17.8 Å². The van der Waals surface area contributed by atoms with Crippen LogP contribution in [0.15, 0.2) is 48.5 Å². The van der Waals surface area contributed by atoms with Crippen molar-refractivity contribution < 1.29 is 14.3 Å². The number of rotatable bonds is 5. The van der Waals surface area contributed by atoms with E-state index < -0.39 is 5.97 Å².